The van der Waals surface area contributed by atoms with Crippen LogP contribution in [0.2, 0.25) is 0 Å². The Balaban J connectivity index is 1.64. The molecule has 1 aromatic heterocycles. The first kappa shape index (κ1) is 17.4. The van der Waals surface area contributed by atoms with E-state index in [-0.39, 0.29) is 11.8 Å². The lowest BCUT2D eigenvalue weighted by Gasteiger charge is -2.20. The molecule has 2 fully saturated rings. The van der Waals surface area contributed by atoms with Gasteiger partial charge in [0.25, 0.3) is 5.91 Å². The summed E-state index contributed by atoms with van der Waals surface area (Å²) in [6, 6.07) is 0. The molecule has 2 amide bonds. The van der Waals surface area contributed by atoms with E-state index in [4.69, 9.17) is 0 Å². The van der Waals surface area contributed by atoms with Gasteiger partial charge in [0.2, 0.25) is 5.91 Å². The van der Waals surface area contributed by atoms with Crippen LogP contribution in [0.5, 0.6) is 0 Å². The molecular formula is C18H27N3O2S. The van der Waals surface area contributed by atoms with Crippen molar-refractivity contribution < 1.29 is 9.59 Å². The molecule has 2 aliphatic rings. The number of amides is 2. The molecular weight excluding hydrogens is 322 g/mol. The largest absolute Gasteiger partial charge is 0.338 e. The van der Waals surface area contributed by atoms with Crippen molar-refractivity contribution in [3.63, 3.8) is 0 Å². The highest BCUT2D eigenvalue weighted by Crippen LogP contribution is 2.30. The minimum atomic E-state index is -0.00567. The van der Waals surface area contributed by atoms with Crippen molar-refractivity contribution in [3.8, 4) is 0 Å². The summed E-state index contributed by atoms with van der Waals surface area (Å²) in [4.78, 5) is 29.9. The summed E-state index contributed by atoms with van der Waals surface area (Å²) in [5, 5.41) is 4.98. The molecule has 0 aromatic carbocycles. The van der Waals surface area contributed by atoms with Crippen molar-refractivity contribution in [1.82, 2.24) is 9.80 Å². The lowest BCUT2D eigenvalue weighted by Crippen LogP contribution is -2.34. The summed E-state index contributed by atoms with van der Waals surface area (Å²) in [6.45, 7) is 6.03. The molecule has 0 saturated carbocycles. The molecule has 3 rings (SSSR count). The Morgan fingerprint density at radius 2 is 1.67 bits per heavy atom. The zero-order valence-corrected chi connectivity index (χ0v) is 15.3. The van der Waals surface area contributed by atoms with E-state index in [1.165, 1.54) is 37.0 Å². The van der Waals surface area contributed by atoms with Crippen LogP contribution >= 0.6 is 11.3 Å². The average molecular weight is 350 g/mol. The Morgan fingerprint density at radius 1 is 1.04 bits per heavy atom. The van der Waals surface area contributed by atoms with Crippen LogP contribution in [-0.2, 0) is 4.79 Å². The van der Waals surface area contributed by atoms with Crippen molar-refractivity contribution in [2.45, 2.75) is 45.4 Å². The number of carbonyl (C=O) groups excluding carboxylic acids is 2. The van der Waals surface area contributed by atoms with E-state index < -0.39 is 0 Å². The van der Waals surface area contributed by atoms with Crippen molar-refractivity contribution in [2.24, 2.45) is 0 Å². The van der Waals surface area contributed by atoms with Gasteiger partial charge in [-0.15, -0.1) is 11.3 Å². The summed E-state index contributed by atoms with van der Waals surface area (Å²) in [7, 11) is 0. The molecule has 5 nitrogen and oxygen atoms in total. The van der Waals surface area contributed by atoms with E-state index in [0.717, 1.165) is 50.3 Å². The zero-order valence-electron chi connectivity index (χ0n) is 14.5. The number of likely N-dealkylation sites (tertiary alicyclic amines) is 2. The van der Waals surface area contributed by atoms with E-state index in [0.29, 0.717) is 11.4 Å². The van der Waals surface area contributed by atoms with Gasteiger partial charge < -0.3 is 10.2 Å². The quantitative estimate of drug-likeness (QED) is 0.909. The summed E-state index contributed by atoms with van der Waals surface area (Å²) in [5.41, 5.74) is 1.70. The Kier molecular flexibility index (Phi) is 5.89. The molecule has 24 heavy (non-hydrogen) atoms. The normalized spacial score (nSPS) is 19.3. The lowest BCUT2D eigenvalue weighted by molar-refractivity contribution is -0.117. The van der Waals surface area contributed by atoms with Crippen molar-refractivity contribution in [2.75, 3.05) is 38.0 Å². The number of nitrogens with zero attached hydrogens (tertiary/aromatic N) is 2. The maximum Gasteiger partial charge on any atom is 0.266 e. The predicted octanol–water partition coefficient (Wildman–Crippen LogP) is 3.11. The van der Waals surface area contributed by atoms with Crippen molar-refractivity contribution in [1.29, 1.82) is 0 Å². The minimum absolute atomic E-state index is 0.00567. The predicted molar refractivity (Wildman–Crippen MR) is 97.7 cm³/mol. The highest BCUT2D eigenvalue weighted by Gasteiger charge is 2.25. The molecule has 0 radical (unpaired) electrons. The van der Waals surface area contributed by atoms with Crippen LogP contribution in [0.25, 0.3) is 0 Å². The number of rotatable bonds is 4. The number of hydrogen-bond donors (Lipinski definition) is 1. The third-order valence-electron chi connectivity index (χ3n) is 4.89. The van der Waals surface area contributed by atoms with Gasteiger partial charge in [-0.1, -0.05) is 12.8 Å². The zero-order chi connectivity index (χ0) is 16.9. The van der Waals surface area contributed by atoms with Crippen LogP contribution in [-0.4, -0.2) is 54.3 Å². The Bertz CT molecular complexity index is 585. The van der Waals surface area contributed by atoms with Crippen molar-refractivity contribution >= 4 is 28.8 Å². The highest BCUT2D eigenvalue weighted by atomic mass is 32.1. The number of carbonyl (C=O) groups is 2. The van der Waals surface area contributed by atoms with Crippen LogP contribution in [0.3, 0.4) is 0 Å². The van der Waals surface area contributed by atoms with Gasteiger partial charge in [-0.05, 0) is 56.6 Å². The molecule has 0 atom stereocenters. The number of hydrogen-bond acceptors (Lipinski definition) is 4. The van der Waals surface area contributed by atoms with Crippen molar-refractivity contribution in [3.05, 3.63) is 15.8 Å². The smallest absolute Gasteiger partial charge is 0.266 e. The van der Waals surface area contributed by atoms with E-state index in [9.17, 15) is 9.59 Å². The second-order valence-electron chi connectivity index (χ2n) is 6.86. The van der Waals surface area contributed by atoms with Gasteiger partial charge in [0.1, 0.15) is 4.88 Å². The molecule has 0 bridgehead atoms. The Hall–Kier alpha value is -1.40. The number of thiophene rings is 1. The van der Waals surface area contributed by atoms with Crippen LogP contribution in [0.4, 0.5) is 5.69 Å². The SMILES string of the molecule is Cc1csc(C(=O)N2CCCC2)c1NC(=O)CN1CCCCCC1. The summed E-state index contributed by atoms with van der Waals surface area (Å²) in [5.74, 6) is 0.0598. The monoisotopic (exact) mass is 349 g/mol. The third-order valence-corrected chi connectivity index (χ3v) is 5.98. The molecule has 6 heteroatoms. The lowest BCUT2D eigenvalue weighted by atomic mass is 10.2. The van der Waals surface area contributed by atoms with Crippen LogP contribution in [0.15, 0.2) is 5.38 Å². The summed E-state index contributed by atoms with van der Waals surface area (Å²) < 4.78 is 0. The Labute approximate surface area is 148 Å². The molecule has 132 valence electrons. The second kappa shape index (κ2) is 8.12. The first-order valence-electron chi connectivity index (χ1n) is 9.05. The fraction of sp³-hybridized carbons (Fsp3) is 0.667. The Morgan fingerprint density at radius 3 is 2.33 bits per heavy atom. The maximum atomic E-state index is 12.7. The van der Waals surface area contributed by atoms with Crippen LogP contribution < -0.4 is 5.32 Å². The molecule has 2 aliphatic heterocycles. The van der Waals surface area contributed by atoms with E-state index in [2.05, 4.69) is 10.2 Å². The minimum Gasteiger partial charge on any atom is -0.338 e. The van der Waals surface area contributed by atoms with E-state index in [1.54, 1.807) is 0 Å². The maximum absolute atomic E-state index is 12.7. The van der Waals surface area contributed by atoms with Gasteiger partial charge in [0, 0.05) is 13.1 Å². The standard InChI is InChI=1S/C18H27N3O2S/c1-14-13-24-17(18(23)21-10-6-7-11-21)16(14)19-15(22)12-20-8-4-2-3-5-9-20/h13H,2-12H2,1H3,(H,19,22). The molecule has 2 saturated heterocycles. The molecule has 3 heterocycles. The van der Waals surface area contributed by atoms with Gasteiger partial charge in [0.05, 0.1) is 12.2 Å². The van der Waals surface area contributed by atoms with Gasteiger partial charge in [-0.25, -0.2) is 0 Å². The summed E-state index contributed by atoms with van der Waals surface area (Å²) >= 11 is 1.44. The molecule has 1 aromatic rings. The number of anilines is 1. The van der Waals surface area contributed by atoms with Gasteiger partial charge >= 0.3 is 0 Å². The van der Waals surface area contributed by atoms with E-state index in [1.807, 2.05) is 17.2 Å². The average Bonchev–Trinajstić information content (AvgIpc) is 3.14. The van der Waals surface area contributed by atoms with Gasteiger partial charge in [0.15, 0.2) is 0 Å². The van der Waals surface area contributed by atoms with Crippen LogP contribution in [0, 0.1) is 6.92 Å². The van der Waals surface area contributed by atoms with Gasteiger partial charge in [-0.3, -0.25) is 14.5 Å². The first-order chi connectivity index (χ1) is 11.6. The third kappa shape index (κ3) is 4.16. The highest BCUT2D eigenvalue weighted by molar-refractivity contribution is 7.13. The second-order valence-corrected chi connectivity index (χ2v) is 7.74. The van der Waals surface area contributed by atoms with E-state index >= 15 is 0 Å². The fourth-order valence-electron chi connectivity index (χ4n) is 3.50. The molecule has 0 aliphatic carbocycles. The topological polar surface area (TPSA) is 52.7 Å². The fourth-order valence-corrected chi connectivity index (χ4v) is 4.47. The summed E-state index contributed by atoms with van der Waals surface area (Å²) in [6.07, 6.45) is 7.01. The molecule has 1 N–H and O–H groups in total. The molecule has 0 spiro atoms. The van der Waals surface area contributed by atoms with Crippen LogP contribution in [0.1, 0.15) is 53.8 Å². The number of aryl methyl sites for hydroxylation is 1. The number of nitrogens with one attached hydrogen (secondary N) is 1. The first-order valence-corrected chi connectivity index (χ1v) is 9.92. The molecule has 0 unspecified atom stereocenters. The van der Waals surface area contributed by atoms with Gasteiger partial charge in [-0.2, -0.15) is 0 Å².